The van der Waals surface area contributed by atoms with Gasteiger partial charge in [0, 0.05) is 11.8 Å². The number of nitrogens with zero attached hydrogens (tertiary/aromatic N) is 3. The van der Waals surface area contributed by atoms with Crippen LogP contribution in [-0.2, 0) is 5.54 Å². The van der Waals surface area contributed by atoms with Crippen molar-refractivity contribution in [3.8, 4) is 21.8 Å². The molecule has 2 aromatic carbocycles. The number of rotatable bonds is 4. The van der Waals surface area contributed by atoms with Crippen molar-refractivity contribution in [1.82, 2.24) is 15.0 Å². The maximum atomic E-state index is 13.6. The van der Waals surface area contributed by atoms with Crippen LogP contribution in [0.15, 0.2) is 72.4 Å². The number of benzene rings is 2. The lowest BCUT2D eigenvalue weighted by molar-refractivity contribution is 0.558. The molecule has 0 saturated heterocycles. The molecule has 2 N–H and O–H groups in total. The highest BCUT2D eigenvalue weighted by molar-refractivity contribution is 7.13. The number of halogens is 1. The summed E-state index contributed by atoms with van der Waals surface area (Å²) in [6.45, 7) is 1.89. The van der Waals surface area contributed by atoms with Gasteiger partial charge in [-0.25, -0.2) is 19.3 Å². The van der Waals surface area contributed by atoms with Gasteiger partial charge in [-0.05, 0) is 30.7 Å². The van der Waals surface area contributed by atoms with E-state index in [2.05, 4.69) is 9.97 Å². The monoisotopic (exact) mass is 376 g/mol. The molecule has 0 aliphatic heterocycles. The summed E-state index contributed by atoms with van der Waals surface area (Å²) in [5.41, 5.74) is 10.5. The average Bonchev–Trinajstić information content (AvgIpc) is 3.19. The van der Waals surface area contributed by atoms with Crippen molar-refractivity contribution < 1.29 is 4.39 Å². The third kappa shape index (κ3) is 3.37. The van der Waals surface area contributed by atoms with Crippen LogP contribution in [0.2, 0.25) is 0 Å². The van der Waals surface area contributed by atoms with Gasteiger partial charge in [-0.1, -0.05) is 42.5 Å². The molecule has 0 bridgehead atoms. The number of aromatic nitrogens is 3. The van der Waals surface area contributed by atoms with Gasteiger partial charge >= 0.3 is 0 Å². The normalized spacial score (nSPS) is 13.3. The van der Waals surface area contributed by atoms with Gasteiger partial charge < -0.3 is 5.73 Å². The number of hydrogen-bond donors (Lipinski definition) is 1. The molecule has 2 aromatic heterocycles. The Balaban J connectivity index is 1.78. The summed E-state index contributed by atoms with van der Waals surface area (Å²) in [5, 5.41) is 0. The Morgan fingerprint density at radius 1 is 1.00 bits per heavy atom. The molecular weight excluding hydrogens is 359 g/mol. The van der Waals surface area contributed by atoms with Crippen molar-refractivity contribution >= 4 is 11.3 Å². The lowest BCUT2D eigenvalue weighted by Crippen LogP contribution is -2.36. The maximum Gasteiger partial charge on any atom is 0.153 e. The molecule has 0 spiro atoms. The third-order valence-electron chi connectivity index (χ3n) is 4.39. The van der Waals surface area contributed by atoms with Crippen LogP contribution in [-0.4, -0.2) is 15.0 Å². The molecule has 0 fully saturated rings. The van der Waals surface area contributed by atoms with E-state index in [9.17, 15) is 4.39 Å². The molecule has 1 atom stereocenters. The van der Waals surface area contributed by atoms with E-state index in [4.69, 9.17) is 10.7 Å². The minimum absolute atomic E-state index is 0.298. The number of thiazole rings is 1. The standard InChI is InChI=1S/C21H17FN4S/c1-21(23,15-7-3-2-4-8-15)20-24-11-10-17(26-20)19-18(25-13-27-19)14-6-5-9-16(22)12-14/h2-13H,23H2,1H3/t21-/m0/s1. The van der Waals surface area contributed by atoms with Crippen molar-refractivity contribution in [2.24, 2.45) is 5.73 Å². The molecule has 0 saturated carbocycles. The van der Waals surface area contributed by atoms with Gasteiger partial charge in [-0.2, -0.15) is 0 Å². The SMILES string of the molecule is C[C@](N)(c1ccccc1)c1nccc(-c2scnc2-c2cccc(F)c2)n1. The Hall–Kier alpha value is -2.96. The second-order valence-electron chi connectivity index (χ2n) is 6.37. The summed E-state index contributed by atoms with van der Waals surface area (Å²) in [6.07, 6.45) is 1.70. The second-order valence-corrected chi connectivity index (χ2v) is 7.23. The lowest BCUT2D eigenvalue weighted by Gasteiger charge is -2.23. The first-order chi connectivity index (χ1) is 13.1. The predicted molar refractivity (Wildman–Crippen MR) is 106 cm³/mol. The van der Waals surface area contributed by atoms with Crippen molar-refractivity contribution in [2.75, 3.05) is 0 Å². The third-order valence-corrected chi connectivity index (χ3v) is 5.24. The molecule has 27 heavy (non-hydrogen) atoms. The molecule has 4 aromatic rings. The van der Waals surface area contributed by atoms with Gasteiger partial charge in [-0.15, -0.1) is 11.3 Å². The first kappa shape index (κ1) is 17.5. The van der Waals surface area contributed by atoms with Crippen molar-refractivity contribution in [2.45, 2.75) is 12.5 Å². The highest BCUT2D eigenvalue weighted by Gasteiger charge is 2.27. The van der Waals surface area contributed by atoms with Crippen molar-refractivity contribution in [3.05, 3.63) is 89.6 Å². The maximum absolute atomic E-state index is 13.6. The Morgan fingerprint density at radius 2 is 1.81 bits per heavy atom. The molecular formula is C21H17FN4S. The fraction of sp³-hybridized carbons (Fsp3) is 0.0952. The topological polar surface area (TPSA) is 64.7 Å². The second kappa shape index (κ2) is 6.98. The number of hydrogen-bond acceptors (Lipinski definition) is 5. The molecule has 0 radical (unpaired) electrons. The van der Waals surface area contributed by atoms with Crippen LogP contribution in [0.4, 0.5) is 4.39 Å². The Kier molecular flexibility index (Phi) is 4.51. The highest BCUT2D eigenvalue weighted by atomic mass is 32.1. The molecule has 4 rings (SSSR count). The van der Waals surface area contributed by atoms with Gasteiger partial charge in [0.25, 0.3) is 0 Å². The molecule has 6 heteroatoms. The van der Waals surface area contributed by atoms with Crippen LogP contribution in [0.5, 0.6) is 0 Å². The first-order valence-electron chi connectivity index (χ1n) is 8.43. The molecule has 0 amide bonds. The predicted octanol–water partition coefficient (Wildman–Crippen LogP) is 4.63. The van der Waals surface area contributed by atoms with Crippen molar-refractivity contribution in [1.29, 1.82) is 0 Å². The van der Waals surface area contributed by atoms with Crippen LogP contribution in [0.3, 0.4) is 0 Å². The van der Waals surface area contributed by atoms with E-state index in [0.29, 0.717) is 17.1 Å². The van der Waals surface area contributed by atoms with Crippen LogP contribution in [0.25, 0.3) is 21.8 Å². The molecule has 2 heterocycles. The first-order valence-corrected chi connectivity index (χ1v) is 9.31. The van der Waals surface area contributed by atoms with Crippen LogP contribution in [0.1, 0.15) is 18.3 Å². The number of nitrogens with two attached hydrogens (primary N) is 1. The Labute approximate surface area is 160 Å². The van der Waals surface area contributed by atoms with E-state index in [0.717, 1.165) is 16.1 Å². The molecule has 0 aliphatic rings. The highest BCUT2D eigenvalue weighted by Crippen LogP contribution is 2.34. The summed E-state index contributed by atoms with van der Waals surface area (Å²) in [7, 11) is 0. The van der Waals surface area contributed by atoms with Gasteiger partial charge in [0.1, 0.15) is 5.82 Å². The van der Waals surface area contributed by atoms with Gasteiger partial charge in [0.2, 0.25) is 0 Å². The zero-order valence-electron chi connectivity index (χ0n) is 14.6. The Bertz CT molecular complexity index is 1080. The fourth-order valence-electron chi connectivity index (χ4n) is 2.92. The average molecular weight is 376 g/mol. The van der Waals surface area contributed by atoms with Gasteiger partial charge in [-0.3, -0.25) is 0 Å². The summed E-state index contributed by atoms with van der Waals surface area (Å²) in [5.74, 6) is 0.221. The van der Waals surface area contributed by atoms with Crippen molar-refractivity contribution in [3.63, 3.8) is 0 Å². The fourth-order valence-corrected chi connectivity index (χ4v) is 3.70. The molecule has 0 aliphatic carbocycles. The largest absolute Gasteiger partial charge is 0.315 e. The minimum Gasteiger partial charge on any atom is -0.315 e. The molecule has 134 valence electrons. The van der Waals surface area contributed by atoms with Gasteiger partial charge in [0.15, 0.2) is 5.82 Å². The van der Waals surface area contributed by atoms with Crippen LogP contribution in [0, 0.1) is 5.82 Å². The zero-order valence-corrected chi connectivity index (χ0v) is 15.4. The lowest BCUT2D eigenvalue weighted by atomic mass is 9.92. The van der Waals surface area contributed by atoms with E-state index >= 15 is 0 Å². The van der Waals surface area contributed by atoms with Crippen LogP contribution >= 0.6 is 11.3 Å². The van der Waals surface area contributed by atoms with E-state index in [1.54, 1.807) is 17.8 Å². The summed E-state index contributed by atoms with van der Waals surface area (Å²) in [6, 6.07) is 18.0. The Morgan fingerprint density at radius 3 is 2.59 bits per heavy atom. The zero-order chi connectivity index (χ0) is 18.9. The van der Waals surface area contributed by atoms with E-state index in [-0.39, 0.29) is 5.82 Å². The summed E-state index contributed by atoms with van der Waals surface area (Å²) < 4.78 is 13.6. The summed E-state index contributed by atoms with van der Waals surface area (Å²) >= 11 is 1.45. The van der Waals surface area contributed by atoms with Crippen LogP contribution < -0.4 is 5.73 Å². The van der Waals surface area contributed by atoms with Gasteiger partial charge in [0.05, 0.1) is 27.3 Å². The minimum atomic E-state index is -0.832. The van der Waals surface area contributed by atoms with E-state index in [1.807, 2.05) is 49.4 Å². The summed E-state index contributed by atoms with van der Waals surface area (Å²) in [4.78, 5) is 14.4. The van der Waals surface area contributed by atoms with E-state index < -0.39 is 5.54 Å². The smallest absolute Gasteiger partial charge is 0.153 e. The quantitative estimate of drug-likeness (QED) is 0.564. The molecule has 4 nitrogen and oxygen atoms in total. The molecule has 0 unspecified atom stereocenters. The van der Waals surface area contributed by atoms with E-state index in [1.165, 1.54) is 23.5 Å².